The molecule has 1 atom stereocenters. The fraction of sp³-hybridized carbons (Fsp3) is 0.417. The number of nitrogens with two attached hydrogens (primary N) is 3. The molecular weight excluding hydrogens is 496 g/mol. The SMILES string of the molecule is CNC(=O)C(CCCOc1ccc(CCCCN=C(N)NC(=O)c2nc(C)c(N)nc2N)cc1)SC=O. The molecule has 0 saturated heterocycles. The quantitative estimate of drug-likeness (QED) is 0.102. The van der Waals surface area contributed by atoms with Crippen LogP contribution in [0, 0.1) is 6.92 Å². The van der Waals surface area contributed by atoms with Gasteiger partial charge in [-0.05, 0) is 56.7 Å². The number of amides is 2. The summed E-state index contributed by atoms with van der Waals surface area (Å²) < 4.78 is 5.74. The molecule has 0 spiro atoms. The molecule has 1 aromatic heterocycles. The summed E-state index contributed by atoms with van der Waals surface area (Å²) in [7, 11) is 1.55. The molecule has 0 aliphatic carbocycles. The van der Waals surface area contributed by atoms with Gasteiger partial charge < -0.3 is 27.3 Å². The van der Waals surface area contributed by atoms with E-state index in [4.69, 9.17) is 21.9 Å². The zero-order valence-electron chi connectivity index (χ0n) is 21.0. The highest BCUT2D eigenvalue weighted by Crippen LogP contribution is 2.17. The Balaban J connectivity index is 1.68. The third-order valence-corrected chi connectivity index (χ3v) is 6.20. The lowest BCUT2D eigenvalue weighted by Gasteiger charge is -2.12. The number of thioether (sulfide) groups is 1. The summed E-state index contributed by atoms with van der Waals surface area (Å²) in [5.41, 5.74) is 19.3. The Morgan fingerprint density at radius 3 is 2.54 bits per heavy atom. The maximum absolute atomic E-state index is 12.3. The Morgan fingerprint density at radius 2 is 1.86 bits per heavy atom. The fourth-order valence-corrected chi connectivity index (χ4v) is 3.95. The minimum absolute atomic E-state index is 0.0198. The van der Waals surface area contributed by atoms with E-state index in [1.54, 1.807) is 14.0 Å². The topological polar surface area (TPSA) is 201 Å². The van der Waals surface area contributed by atoms with Crippen molar-refractivity contribution in [1.82, 2.24) is 20.6 Å². The predicted octanol–water partition coefficient (Wildman–Crippen LogP) is 1.21. The van der Waals surface area contributed by atoms with Gasteiger partial charge in [0.05, 0.1) is 17.6 Å². The van der Waals surface area contributed by atoms with Crippen molar-refractivity contribution < 1.29 is 19.1 Å². The van der Waals surface area contributed by atoms with E-state index in [9.17, 15) is 14.4 Å². The summed E-state index contributed by atoms with van der Waals surface area (Å²) in [6.45, 7) is 2.54. The van der Waals surface area contributed by atoms with Gasteiger partial charge in [0, 0.05) is 13.6 Å². The van der Waals surface area contributed by atoms with Crippen LogP contribution in [0.5, 0.6) is 5.75 Å². The lowest BCUT2D eigenvalue weighted by molar-refractivity contribution is -0.120. The molecule has 0 aliphatic heterocycles. The summed E-state index contributed by atoms with van der Waals surface area (Å²) in [4.78, 5) is 46.8. The van der Waals surface area contributed by atoms with Gasteiger partial charge in [-0.2, -0.15) is 0 Å². The number of benzene rings is 1. The van der Waals surface area contributed by atoms with Gasteiger partial charge in [-0.3, -0.25) is 24.7 Å². The molecular formula is C24H34N8O4S. The monoisotopic (exact) mass is 530 g/mol. The van der Waals surface area contributed by atoms with Crippen LogP contribution in [0.3, 0.4) is 0 Å². The van der Waals surface area contributed by atoms with Crippen molar-refractivity contribution in [2.24, 2.45) is 10.7 Å². The summed E-state index contributed by atoms with van der Waals surface area (Å²) >= 11 is 0.978. The van der Waals surface area contributed by atoms with Gasteiger partial charge in [0.25, 0.3) is 5.91 Å². The number of hydrogen-bond acceptors (Lipinski definition) is 10. The Morgan fingerprint density at radius 1 is 1.14 bits per heavy atom. The Kier molecular flexibility index (Phi) is 12.1. The van der Waals surface area contributed by atoms with Gasteiger partial charge in [-0.25, -0.2) is 9.97 Å². The molecule has 0 fully saturated rings. The van der Waals surface area contributed by atoms with Gasteiger partial charge in [0.2, 0.25) is 5.91 Å². The fourth-order valence-electron chi connectivity index (χ4n) is 3.27. The first-order valence-corrected chi connectivity index (χ1v) is 12.7. The number of anilines is 2. The van der Waals surface area contributed by atoms with Crippen LogP contribution in [0.25, 0.3) is 0 Å². The Labute approximate surface area is 220 Å². The molecule has 12 nitrogen and oxygen atoms in total. The molecule has 0 saturated carbocycles. The maximum atomic E-state index is 12.3. The number of aryl methyl sites for hydroxylation is 2. The molecule has 1 unspecified atom stereocenters. The van der Waals surface area contributed by atoms with Crippen molar-refractivity contribution in [3.63, 3.8) is 0 Å². The van der Waals surface area contributed by atoms with Crippen LogP contribution in [-0.4, -0.2) is 58.8 Å². The van der Waals surface area contributed by atoms with E-state index in [1.807, 2.05) is 24.3 Å². The summed E-state index contributed by atoms with van der Waals surface area (Å²) in [5, 5.41) is 4.62. The zero-order valence-corrected chi connectivity index (χ0v) is 21.8. The molecule has 0 bridgehead atoms. The number of guanidine groups is 1. The number of unbranched alkanes of at least 4 members (excludes halogenated alkanes) is 1. The van der Waals surface area contributed by atoms with Crippen molar-refractivity contribution >= 4 is 46.8 Å². The molecule has 2 rings (SSSR count). The number of nitrogen functional groups attached to an aromatic ring is 2. The lowest BCUT2D eigenvalue weighted by atomic mass is 10.1. The van der Waals surface area contributed by atoms with Gasteiger partial charge in [0.1, 0.15) is 11.6 Å². The van der Waals surface area contributed by atoms with Crippen LogP contribution in [0.1, 0.15) is 47.4 Å². The third-order valence-electron chi connectivity index (χ3n) is 5.31. The minimum Gasteiger partial charge on any atom is -0.494 e. The van der Waals surface area contributed by atoms with Gasteiger partial charge in [-0.1, -0.05) is 23.9 Å². The molecule has 0 aliphatic rings. The first-order valence-electron chi connectivity index (χ1n) is 11.8. The first-order chi connectivity index (χ1) is 17.7. The van der Waals surface area contributed by atoms with E-state index in [-0.39, 0.29) is 29.2 Å². The largest absolute Gasteiger partial charge is 0.494 e. The van der Waals surface area contributed by atoms with Gasteiger partial charge >= 0.3 is 0 Å². The molecule has 1 heterocycles. The van der Waals surface area contributed by atoms with E-state index in [2.05, 4.69) is 25.6 Å². The lowest BCUT2D eigenvalue weighted by Crippen LogP contribution is -2.38. The number of ether oxygens (including phenoxy) is 1. The van der Waals surface area contributed by atoms with E-state index in [1.165, 1.54) is 0 Å². The van der Waals surface area contributed by atoms with Crippen molar-refractivity contribution in [3.8, 4) is 5.75 Å². The number of nitrogens with one attached hydrogen (secondary N) is 2. The van der Waals surface area contributed by atoms with E-state index >= 15 is 0 Å². The number of hydrogen-bond donors (Lipinski definition) is 5. The highest BCUT2D eigenvalue weighted by molar-refractivity contribution is 8.13. The van der Waals surface area contributed by atoms with Crippen LogP contribution in [-0.2, 0) is 16.0 Å². The number of carbonyl (C=O) groups is 3. The van der Waals surface area contributed by atoms with Crippen molar-refractivity contribution in [1.29, 1.82) is 0 Å². The summed E-state index contributed by atoms with van der Waals surface area (Å²) in [5.74, 6) is 0.0621. The zero-order chi connectivity index (χ0) is 27.2. The summed E-state index contributed by atoms with van der Waals surface area (Å²) in [6.07, 6.45) is 3.74. The Hall–Kier alpha value is -3.87. The van der Waals surface area contributed by atoms with E-state index in [0.29, 0.717) is 37.3 Å². The van der Waals surface area contributed by atoms with Crippen molar-refractivity contribution in [2.75, 3.05) is 31.7 Å². The molecule has 8 N–H and O–H groups in total. The predicted molar refractivity (Wildman–Crippen MR) is 146 cm³/mol. The number of nitrogens with zero attached hydrogens (tertiary/aromatic N) is 3. The molecule has 0 radical (unpaired) electrons. The Bertz CT molecular complexity index is 1090. The molecule has 37 heavy (non-hydrogen) atoms. The number of carbonyl (C=O) groups excluding carboxylic acids is 3. The highest BCUT2D eigenvalue weighted by atomic mass is 32.2. The highest BCUT2D eigenvalue weighted by Gasteiger charge is 2.17. The minimum atomic E-state index is -0.595. The molecule has 200 valence electrons. The maximum Gasteiger partial charge on any atom is 0.280 e. The van der Waals surface area contributed by atoms with Gasteiger partial charge in [-0.15, -0.1) is 0 Å². The van der Waals surface area contributed by atoms with Gasteiger partial charge in [0.15, 0.2) is 23.1 Å². The number of rotatable bonds is 14. The molecule has 2 aromatic rings. The van der Waals surface area contributed by atoms with Crippen molar-refractivity contribution in [2.45, 2.75) is 44.3 Å². The van der Waals surface area contributed by atoms with Crippen LogP contribution in [0.4, 0.5) is 11.6 Å². The average Bonchev–Trinajstić information content (AvgIpc) is 2.88. The molecule has 1 aromatic carbocycles. The van der Waals surface area contributed by atoms with Crippen LogP contribution in [0.15, 0.2) is 29.3 Å². The van der Waals surface area contributed by atoms with Crippen LogP contribution < -0.4 is 32.6 Å². The first kappa shape index (κ1) is 29.4. The smallest absolute Gasteiger partial charge is 0.280 e. The second kappa shape index (κ2) is 15.3. The van der Waals surface area contributed by atoms with Crippen molar-refractivity contribution in [3.05, 3.63) is 41.2 Å². The second-order valence-electron chi connectivity index (χ2n) is 8.08. The second-order valence-corrected chi connectivity index (χ2v) is 9.11. The summed E-state index contributed by atoms with van der Waals surface area (Å²) in [6, 6.07) is 7.82. The van der Waals surface area contributed by atoms with E-state index < -0.39 is 11.2 Å². The molecule has 13 heteroatoms. The van der Waals surface area contributed by atoms with Crippen LogP contribution >= 0.6 is 11.8 Å². The average molecular weight is 531 g/mol. The number of aromatic nitrogens is 2. The standard InChI is InChI=1S/C24H34N8O4S/c1-15-20(25)31-21(26)19(30-15)23(35)32-24(27)29-12-4-3-6-16-8-10-17(11-9-16)36-13-5-7-18(37-14-33)22(34)28-2/h8-11,14,18H,3-7,12-13H2,1-2H3,(H,28,34)(H4,25,26,31)(H3,27,29,32,35). The molecule has 2 amide bonds. The normalized spacial score (nSPS) is 12.0. The third kappa shape index (κ3) is 9.95. The van der Waals surface area contributed by atoms with Crippen LogP contribution in [0.2, 0.25) is 0 Å². The van der Waals surface area contributed by atoms with E-state index in [0.717, 1.165) is 42.3 Å². The number of aliphatic imine (C=N–C) groups is 1.